The van der Waals surface area contributed by atoms with Crippen LogP contribution in [0.1, 0.15) is 58.3 Å². The van der Waals surface area contributed by atoms with E-state index in [9.17, 15) is 0 Å². The van der Waals surface area contributed by atoms with E-state index in [1.807, 2.05) is 6.08 Å². The number of fused-ring (bicyclic) bond motifs is 1. The zero-order valence-corrected chi connectivity index (χ0v) is 11.5. The molecule has 0 heterocycles. The zero-order chi connectivity index (χ0) is 12.1. The molecule has 3 unspecified atom stereocenters. The molecule has 17 heavy (non-hydrogen) atoms. The third-order valence-electron chi connectivity index (χ3n) is 4.83. The van der Waals surface area contributed by atoms with Crippen molar-refractivity contribution in [3.8, 4) is 0 Å². The predicted molar refractivity (Wildman–Crippen MR) is 75.1 cm³/mol. The molecule has 0 saturated heterocycles. The molecule has 2 aliphatic carbocycles. The van der Waals surface area contributed by atoms with Gasteiger partial charge in [-0.25, -0.2) is 0 Å². The van der Waals surface area contributed by atoms with Crippen LogP contribution >= 0.6 is 0 Å². The van der Waals surface area contributed by atoms with Crippen molar-refractivity contribution in [2.24, 2.45) is 17.8 Å². The molecule has 3 atom stereocenters. The Morgan fingerprint density at radius 2 is 2.00 bits per heavy atom. The molecule has 0 aliphatic heterocycles. The van der Waals surface area contributed by atoms with Crippen LogP contribution < -0.4 is 5.32 Å². The molecule has 0 amide bonds. The normalized spacial score (nSPS) is 32.2. The highest BCUT2D eigenvalue weighted by molar-refractivity contribution is 5.06. The lowest BCUT2D eigenvalue weighted by atomic mass is 9.98. The van der Waals surface area contributed by atoms with Crippen molar-refractivity contribution in [2.45, 2.75) is 64.3 Å². The van der Waals surface area contributed by atoms with E-state index in [4.69, 9.17) is 0 Å². The molecular weight excluding hydrogens is 206 g/mol. The van der Waals surface area contributed by atoms with Gasteiger partial charge in [0.1, 0.15) is 0 Å². The second-order valence-corrected chi connectivity index (χ2v) is 5.93. The van der Waals surface area contributed by atoms with Gasteiger partial charge in [0.2, 0.25) is 0 Å². The lowest BCUT2D eigenvalue weighted by Gasteiger charge is -2.19. The number of rotatable bonds is 9. The molecule has 0 aromatic carbocycles. The Labute approximate surface area is 107 Å². The molecule has 1 N–H and O–H groups in total. The molecule has 0 bridgehead atoms. The van der Waals surface area contributed by atoms with E-state index >= 15 is 0 Å². The van der Waals surface area contributed by atoms with Crippen molar-refractivity contribution in [3.63, 3.8) is 0 Å². The third kappa shape index (κ3) is 3.34. The Morgan fingerprint density at radius 1 is 1.24 bits per heavy atom. The molecule has 2 saturated carbocycles. The number of hydrogen-bond acceptors (Lipinski definition) is 1. The monoisotopic (exact) mass is 235 g/mol. The van der Waals surface area contributed by atoms with Crippen LogP contribution in [0.2, 0.25) is 0 Å². The van der Waals surface area contributed by atoms with Gasteiger partial charge in [-0.05, 0) is 56.4 Å². The lowest BCUT2D eigenvalue weighted by molar-refractivity contribution is 0.379. The summed E-state index contributed by atoms with van der Waals surface area (Å²) < 4.78 is 0. The van der Waals surface area contributed by atoms with Crippen LogP contribution in [-0.4, -0.2) is 12.6 Å². The first-order valence-electron chi connectivity index (χ1n) is 7.72. The van der Waals surface area contributed by atoms with Gasteiger partial charge in [-0.2, -0.15) is 0 Å². The topological polar surface area (TPSA) is 12.0 Å². The Hall–Kier alpha value is -0.300. The summed E-state index contributed by atoms with van der Waals surface area (Å²) in [5.41, 5.74) is 0. The number of hydrogen-bond donors (Lipinski definition) is 1. The minimum atomic E-state index is 0.832. The summed E-state index contributed by atoms with van der Waals surface area (Å²) in [6, 6.07) is 0.832. The molecule has 1 nitrogen and oxygen atoms in total. The molecule has 0 spiro atoms. The van der Waals surface area contributed by atoms with Crippen molar-refractivity contribution in [3.05, 3.63) is 12.7 Å². The summed E-state index contributed by atoms with van der Waals surface area (Å²) in [4.78, 5) is 0. The highest BCUT2D eigenvalue weighted by Crippen LogP contribution is 2.59. The van der Waals surface area contributed by atoms with Crippen molar-refractivity contribution >= 4 is 0 Å². The quantitative estimate of drug-likeness (QED) is 0.468. The molecular formula is C16H29N. The SMILES string of the molecule is C=CCCCCCC(NCC)C1C2CCCC21. The van der Waals surface area contributed by atoms with Gasteiger partial charge in [-0.1, -0.05) is 32.3 Å². The van der Waals surface area contributed by atoms with Crippen LogP contribution in [0.5, 0.6) is 0 Å². The number of nitrogens with one attached hydrogen (secondary N) is 1. The Kier molecular flexibility index (Phi) is 5.09. The van der Waals surface area contributed by atoms with Gasteiger partial charge in [-0.3, -0.25) is 0 Å². The molecule has 2 rings (SSSR count). The fourth-order valence-electron chi connectivity index (χ4n) is 4.00. The maximum Gasteiger partial charge on any atom is 0.0101 e. The summed E-state index contributed by atoms with van der Waals surface area (Å²) in [5, 5.41) is 3.74. The maximum absolute atomic E-state index is 3.79. The van der Waals surface area contributed by atoms with Crippen LogP contribution in [0.3, 0.4) is 0 Å². The molecule has 0 aromatic rings. The standard InChI is InChI=1S/C16H29N/c1-3-5-6-7-8-12-15(17-4-2)16-13-10-9-11-14(13)16/h3,13-17H,1,4-12H2,2H3. The second-order valence-electron chi connectivity index (χ2n) is 5.93. The van der Waals surface area contributed by atoms with E-state index in [1.165, 1.54) is 51.4 Å². The first kappa shape index (κ1) is 13.1. The van der Waals surface area contributed by atoms with Gasteiger partial charge in [0.15, 0.2) is 0 Å². The zero-order valence-electron chi connectivity index (χ0n) is 11.5. The average molecular weight is 235 g/mol. The van der Waals surface area contributed by atoms with Gasteiger partial charge < -0.3 is 5.32 Å². The van der Waals surface area contributed by atoms with Crippen molar-refractivity contribution in [1.82, 2.24) is 5.32 Å². The Bertz CT molecular complexity index is 226. The number of allylic oxidation sites excluding steroid dienone is 1. The van der Waals surface area contributed by atoms with Gasteiger partial charge in [0, 0.05) is 6.04 Å². The van der Waals surface area contributed by atoms with Crippen LogP contribution in [0.15, 0.2) is 12.7 Å². The highest BCUT2D eigenvalue weighted by atomic mass is 14.9. The fraction of sp³-hybridized carbons (Fsp3) is 0.875. The van der Waals surface area contributed by atoms with Crippen LogP contribution in [0.25, 0.3) is 0 Å². The Balaban J connectivity index is 1.65. The van der Waals surface area contributed by atoms with E-state index in [0.717, 1.165) is 30.3 Å². The van der Waals surface area contributed by atoms with Crippen LogP contribution in [0, 0.1) is 17.8 Å². The molecule has 1 heteroatoms. The van der Waals surface area contributed by atoms with Crippen molar-refractivity contribution in [1.29, 1.82) is 0 Å². The molecule has 0 radical (unpaired) electrons. The van der Waals surface area contributed by atoms with Crippen LogP contribution in [-0.2, 0) is 0 Å². The highest BCUT2D eigenvalue weighted by Gasteiger charge is 2.55. The minimum absolute atomic E-state index is 0.832. The van der Waals surface area contributed by atoms with E-state index in [-0.39, 0.29) is 0 Å². The predicted octanol–water partition coefficient (Wildman–Crippen LogP) is 4.15. The fourth-order valence-corrected chi connectivity index (χ4v) is 4.00. The van der Waals surface area contributed by atoms with Gasteiger partial charge in [-0.15, -0.1) is 6.58 Å². The first-order chi connectivity index (χ1) is 8.38. The largest absolute Gasteiger partial charge is 0.314 e. The van der Waals surface area contributed by atoms with Crippen molar-refractivity contribution < 1.29 is 0 Å². The van der Waals surface area contributed by atoms with Gasteiger partial charge >= 0.3 is 0 Å². The molecule has 0 aromatic heterocycles. The summed E-state index contributed by atoms with van der Waals surface area (Å²) >= 11 is 0. The molecule has 2 aliphatic rings. The lowest BCUT2D eigenvalue weighted by Crippen LogP contribution is -2.32. The average Bonchev–Trinajstić information content (AvgIpc) is 2.81. The Morgan fingerprint density at radius 3 is 2.65 bits per heavy atom. The summed E-state index contributed by atoms with van der Waals surface area (Å²) in [6.45, 7) is 7.19. The molecule has 2 fully saturated rings. The van der Waals surface area contributed by atoms with E-state index in [2.05, 4.69) is 18.8 Å². The van der Waals surface area contributed by atoms with E-state index < -0.39 is 0 Å². The van der Waals surface area contributed by atoms with E-state index in [1.54, 1.807) is 0 Å². The summed E-state index contributed by atoms with van der Waals surface area (Å²) in [6.07, 6.45) is 13.3. The summed E-state index contributed by atoms with van der Waals surface area (Å²) in [7, 11) is 0. The smallest absolute Gasteiger partial charge is 0.0101 e. The first-order valence-corrected chi connectivity index (χ1v) is 7.72. The maximum atomic E-state index is 3.79. The van der Waals surface area contributed by atoms with Crippen molar-refractivity contribution in [2.75, 3.05) is 6.54 Å². The van der Waals surface area contributed by atoms with Gasteiger partial charge in [0.25, 0.3) is 0 Å². The van der Waals surface area contributed by atoms with E-state index in [0.29, 0.717) is 0 Å². The minimum Gasteiger partial charge on any atom is -0.314 e. The summed E-state index contributed by atoms with van der Waals surface area (Å²) in [5.74, 6) is 3.25. The number of unbranched alkanes of at least 4 members (excludes halogenated alkanes) is 3. The second kappa shape index (κ2) is 6.58. The third-order valence-corrected chi connectivity index (χ3v) is 4.83. The van der Waals surface area contributed by atoms with Gasteiger partial charge in [0.05, 0.1) is 0 Å². The molecule has 98 valence electrons. The van der Waals surface area contributed by atoms with Crippen LogP contribution in [0.4, 0.5) is 0 Å².